The van der Waals surface area contributed by atoms with Gasteiger partial charge in [-0.1, -0.05) is 6.42 Å². The van der Waals surface area contributed by atoms with Gasteiger partial charge in [-0.3, -0.25) is 4.79 Å². The van der Waals surface area contributed by atoms with Gasteiger partial charge in [0.05, 0.1) is 12.3 Å². The Morgan fingerprint density at radius 3 is 2.85 bits per heavy atom. The predicted octanol–water partition coefficient (Wildman–Crippen LogP) is 1.59. The van der Waals surface area contributed by atoms with Crippen LogP contribution in [0.15, 0.2) is 24.5 Å². The Kier molecular flexibility index (Phi) is 3.50. The van der Waals surface area contributed by atoms with Crippen LogP contribution in [0, 0.1) is 16.7 Å². The summed E-state index contributed by atoms with van der Waals surface area (Å²) in [5.41, 5.74) is 1.37. The molecule has 1 amide bonds. The monoisotopic (exact) mass is 355 g/mol. The number of amides is 1. The highest BCUT2D eigenvalue weighted by Crippen LogP contribution is 2.73. The van der Waals surface area contributed by atoms with Crippen molar-refractivity contribution in [3.63, 3.8) is 0 Å². The zero-order valence-corrected chi connectivity index (χ0v) is 14.8. The molecule has 3 saturated carbocycles. The molecule has 3 aliphatic rings. The van der Waals surface area contributed by atoms with E-state index in [4.69, 9.17) is 0 Å². The number of hydrogen-bond donors (Lipinski definition) is 3. The van der Waals surface area contributed by atoms with Gasteiger partial charge < -0.3 is 15.7 Å². The minimum atomic E-state index is -0.287. The van der Waals surface area contributed by atoms with Crippen LogP contribution in [-0.4, -0.2) is 44.8 Å². The van der Waals surface area contributed by atoms with Crippen LogP contribution >= 0.6 is 0 Å². The van der Waals surface area contributed by atoms with Crippen molar-refractivity contribution in [1.29, 1.82) is 0 Å². The van der Waals surface area contributed by atoms with Gasteiger partial charge in [0.2, 0.25) is 5.91 Å². The predicted molar refractivity (Wildman–Crippen MR) is 96.6 cm³/mol. The third kappa shape index (κ3) is 2.48. The Labute approximate surface area is 152 Å². The SMILES string of the molecule is O=C(NCC1(CNc2ccn3nccc3n2)CC12CCC2)C1CC(O)C1. The molecule has 1 spiro atoms. The maximum absolute atomic E-state index is 12.3. The van der Waals surface area contributed by atoms with Gasteiger partial charge in [0.25, 0.3) is 0 Å². The second-order valence-corrected chi connectivity index (χ2v) is 8.43. The summed E-state index contributed by atoms with van der Waals surface area (Å²) in [6.07, 6.45) is 9.58. The van der Waals surface area contributed by atoms with E-state index in [-0.39, 0.29) is 23.3 Å². The Morgan fingerprint density at radius 2 is 2.15 bits per heavy atom. The molecule has 3 N–H and O–H groups in total. The Bertz CT molecular complexity index is 839. The highest BCUT2D eigenvalue weighted by molar-refractivity contribution is 5.79. The van der Waals surface area contributed by atoms with Gasteiger partial charge in [-0.15, -0.1) is 0 Å². The summed E-state index contributed by atoms with van der Waals surface area (Å²) in [7, 11) is 0. The molecule has 7 heteroatoms. The minimum Gasteiger partial charge on any atom is -0.393 e. The van der Waals surface area contributed by atoms with Crippen LogP contribution < -0.4 is 10.6 Å². The molecule has 2 aromatic rings. The quantitative estimate of drug-likeness (QED) is 0.732. The average molecular weight is 355 g/mol. The van der Waals surface area contributed by atoms with Crippen molar-refractivity contribution < 1.29 is 9.90 Å². The van der Waals surface area contributed by atoms with Crippen LogP contribution in [0.3, 0.4) is 0 Å². The van der Waals surface area contributed by atoms with Crippen molar-refractivity contribution in [2.24, 2.45) is 16.7 Å². The molecule has 5 rings (SSSR count). The smallest absolute Gasteiger partial charge is 0.223 e. The van der Waals surface area contributed by atoms with Crippen LogP contribution in [0.1, 0.15) is 38.5 Å². The molecule has 7 nitrogen and oxygen atoms in total. The highest BCUT2D eigenvalue weighted by atomic mass is 16.3. The first-order valence-corrected chi connectivity index (χ1v) is 9.59. The van der Waals surface area contributed by atoms with Crippen molar-refractivity contribution >= 4 is 17.4 Å². The Hall–Kier alpha value is -2.15. The van der Waals surface area contributed by atoms with E-state index >= 15 is 0 Å². The van der Waals surface area contributed by atoms with Gasteiger partial charge in [0.1, 0.15) is 5.82 Å². The van der Waals surface area contributed by atoms with Crippen LogP contribution in [-0.2, 0) is 4.79 Å². The number of nitrogens with zero attached hydrogens (tertiary/aromatic N) is 3. The van der Waals surface area contributed by atoms with Crippen molar-refractivity contribution in [3.8, 4) is 0 Å². The van der Waals surface area contributed by atoms with Crippen LogP contribution in [0.25, 0.3) is 5.65 Å². The molecular weight excluding hydrogens is 330 g/mol. The molecule has 26 heavy (non-hydrogen) atoms. The molecule has 138 valence electrons. The summed E-state index contributed by atoms with van der Waals surface area (Å²) in [6.45, 7) is 1.55. The number of aliphatic hydroxyl groups excluding tert-OH is 1. The molecule has 2 aromatic heterocycles. The van der Waals surface area contributed by atoms with Crippen molar-refractivity contribution in [1.82, 2.24) is 19.9 Å². The van der Waals surface area contributed by atoms with Gasteiger partial charge >= 0.3 is 0 Å². The van der Waals surface area contributed by atoms with E-state index < -0.39 is 0 Å². The topological polar surface area (TPSA) is 91.6 Å². The normalized spacial score (nSPS) is 31.3. The zero-order valence-electron chi connectivity index (χ0n) is 14.8. The van der Waals surface area contributed by atoms with Gasteiger partial charge in [-0.05, 0) is 43.6 Å². The van der Waals surface area contributed by atoms with E-state index in [1.54, 1.807) is 10.7 Å². The lowest BCUT2D eigenvalue weighted by molar-refractivity contribution is -0.131. The van der Waals surface area contributed by atoms with Gasteiger partial charge in [-0.25, -0.2) is 9.50 Å². The summed E-state index contributed by atoms with van der Waals surface area (Å²) in [6, 6.07) is 3.83. The summed E-state index contributed by atoms with van der Waals surface area (Å²) in [5.74, 6) is 0.957. The zero-order chi connectivity index (χ0) is 17.8. The standard InChI is InChI=1S/C19H25N5O2/c25-14-8-13(9-14)17(26)21-12-19(10-18(19)4-1-5-18)11-20-15-3-7-24-16(23-15)2-6-22-24/h2-3,6-7,13-14,25H,1,4-5,8-12H2,(H,20,23)(H,21,26). The first-order valence-electron chi connectivity index (χ1n) is 9.59. The first-order chi connectivity index (χ1) is 12.6. The van der Waals surface area contributed by atoms with Crippen molar-refractivity contribution in [2.75, 3.05) is 18.4 Å². The molecule has 0 radical (unpaired) electrons. The average Bonchev–Trinajstić information content (AvgIpc) is 3.05. The molecule has 1 atom stereocenters. The fourth-order valence-electron chi connectivity index (χ4n) is 4.85. The fraction of sp³-hybridized carbons (Fsp3) is 0.632. The van der Waals surface area contributed by atoms with Gasteiger partial charge in [-0.2, -0.15) is 5.10 Å². The lowest BCUT2D eigenvalue weighted by atomic mass is 9.74. The second kappa shape index (κ2) is 5.67. The van der Waals surface area contributed by atoms with Crippen LogP contribution in [0.5, 0.6) is 0 Å². The molecule has 0 bridgehead atoms. The number of aliphatic hydroxyl groups is 1. The number of aromatic nitrogens is 3. The van der Waals surface area contributed by atoms with Crippen molar-refractivity contribution in [3.05, 3.63) is 24.5 Å². The molecule has 0 aliphatic heterocycles. The largest absolute Gasteiger partial charge is 0.393 e. The molecule has 3 fully saturated rings. The van der Waals surface area contributed by atoms with E-state index in [1.807, 2.05) is 18.3 Å². The molecule has 1 unspecified atom stereocenters. The van der Waals surface area contributed by atoms with E-state index in [1.165, 1.54) is 25.7 Å². The van der Waals surface area contributed by atoms with E-state index in [9.17, 15) is 9.90 Å². The molecular formula is C19H25N5O2. The summed E-state index contributed by atoms with van der Waals surface area (Å²) in [4.78, 5) is 16.9. The van der Waals surface area contributed by atoms with Gasteiger partial charge in [0, 0.05) is 36.7 Å². The van der Waals surface area contributed by atoms with Crippen LogP contribution in [0.2, 0.25) is 0 Å². The molecule has 2 heterocycles. The second-order valence-electron chi connectivity index (χ2n) is 8.43. The van der Waals surface area contributed by atoms with Crippen LogP contribution in [0.4, 0.5) is 5.82 Å². The Morgan fingerprint density at radius 1 is 1.31 bits per heavy atom. The molecule has 3 aliphatic carbocycles. The summed E-state index contributed by atoms with van der Waals surface area (Å²) < 4.78 is 1.75. The summed E-state index contributed by atoms with van der Waals surface area (Å²) in [5, 5.41) is 20.2. The van der Waals surface area contributed by atoms with E-state index in [0.29, 0.717) is 18.3 Å². The number of hydrogen-bond acceptors (Lipinski definition) is 5. The highest BCUT2D eigenvalue weighted by Gasteiger charge is 2.68. The lowest BCUT2D eigenvalue weighted by Crippen LogP contribution is -2.45. The number of nitrogens with one attached hydrogen (secondary N) is 2. The minimum absolute atomic E-state index is 0.00274. The number of rotatable bonds is 6. The van der Waals surface area contributed by atoms with Gasteiger partial charge in [0.15, 0.2) is 5.65 Å². The first kappa shape index (κ1) is 16.1. The van der Waals surface area contributed by atoms with E-state index in [0.717, 1.165) is 24.6 Å². The number of carbonyl (C=O) groups is 1. The van der Waals surface area contributed by atoms with Crippen molar-refractivity contribution in [2.45, 2.75) is 44.6 Å². The third-order valence-electron chi connectivity index (χ3n) is 6.94. The Balaban J connectivity index is 1.23. The maximum atomic E-state index is 12.3. The molecule has 0 saturated heterocycles. The fourth-order valence-corrected chi connectivity index (χ4v) is 4.85. The number of anilines is 1. The summed E-state index contributed by atoms with van der Waals surface area (Å²) >= 11 is 0. The lowest BCUT2D eigenvalue weighted by Gasteiger charge is -2.35. The number of fused-ring (bicyclic) bond motifs is 1. The number of carbonyl (C=O) groups excluding carboxylic acids is 1. The van der Waals surface area contributed by atoms with E-state index in [2.05, 4.69) is 20.7 Å². The maximum Gasteiger partial charge on any atom is 0.223 e. The molecule has 0 aromatic carbocycles. The third-order valence-corrected chi connectivity index (χ3v) is 6.94.